The van der Waals surface area contributed by atoms with Gasteiger partial charge in [-0.3, -0.25) is 9.59 Å². The Kier molecular flexibility index (Phi) is 9.67. The molecule has 1 amide bonds. The lowest BCUT2D eigenvalue weighted by atomic mass is 10.00. The van der Waals surface area contributed by atoms with Crippen LogP contribution in [0, 0.1) is 13.8 Å². The molecule has 0 aliphatic heterocycles. The smallest absolute Gasteiger partial charge is 0.243 e. The fourth-order valence-electron chi connectivity index (χ4n) is 6.01. The van der Waals surface area contributed by atoms with Gasteiger partial charge < -0.3 is 20.3 Å². The van der Waals surface area contributed by atoms with Gasteiger partial charge in [0.15, 0.2) is 0 Å². The summed E-state index contributed by atoms with van der Waals surface area (Å²) in [5.41, 5.74) is 5.63. The van der Waals surface area contributed by atoms with Crippen molar-refractivity contribution < 1.29 is 19.3 Å². The van der Waals surface area contributed by atoms with Gasteiger partial charge in [0.1, 0.15) is 22.5 Å². The number of aryl methyl sites for hydroxylation is 2. The van der Waals surface area contributed by atoms with Crippen molar-refractivity contribution in [2.45, 2.75) is 33.5 Å². The molecule has 1 heterocycles. The van der Waals surface area contributed by atoms with Crippen LogP contribution >= 0.6 is 7.14 Å². The molecule has 0 fully saturated rings. The number of amides is 1. The zero-order valence-corrected chi connectivity index (χ0v) is 28.2. The van der Waals surface area contributed by atoms with Crippen molar-refractivity contribution in [3.8, 4) is 11.4 Å². The number of aromatic hydroxyl groups is 1. The number of benzene rings is 5. The molecule has 0 aliphatic rings. The average Bonchev–Trinajstić information content (AvgIpc) is 3.56. The van der Waals surface area contributed by atoms with E-state index in [2.05, 4.69) is 27.4 Å². The molecule has 0 unspecified atom stereocenters. The number of nitrogens with zero attached hydrogens (tertiary/aromatic N) is 3. The van der Waals surface area contributed by atoms with Gasteiger partial charge in [0, 0.05) is 41.4 Å². The molecule has 6 rings (SSSR count). The second kappa shape index (κ2) is 14.2. The lowest BCUT2D eigenvalue weighted by molar-refractivity contribution is -0.116. The fraction of sp³-hybridized carbons (Fsp3) is 0.128. The number of aromatic nitrogens is 3. The summed E-state index contributed by atoms with van der Waals surface area (Å²) in [5, 5.41) is 27.4. The SMILES string of the molecule is C=CC(=O)NCc1cc(CNCc2cc(C)c(C(=O)P(=O)(c3ccccc3)c3ccccc3)c(C)c2)cc(-n2nc3ccccc3n2)c1O. The molecule has 0 atom stereocenters. The van der Waals surface area contributed by atoms with E-state index in [-0.39, 0.29) is 23.7 Å². The normalized spacial score (nSPS) is 11.4. The minimum absolute atomic E-state index is 0.0387. The van der Waals surface area contributed by atoms with Crippen molar-refractivity contribution in [2.75, 3.05) is 0 Å². The lowest BCUT2D eigenvalue weighted by Gasteiger charge is -2.21. The van der Waals surface area contributed by atoms with Gasteiger partial charge in [-0.05, 0) is 66.4 Å². The zero-order chi connectivity index (χ0) is 34.5. The van der Waals surface area contributed by atoms with Crippen molar-refractivity contribution in [2.24, 2.45) is 0 Å². The van der Waals surface area contributed by atoms with Crippen molar-refractivity contribution >= 4 is 40.2 Å². The van der Waals surface area contributed by atoms with E-state index in [1.807, 2.05) is 74.5 Å². The number of hydrogen-bond acceptors (Lipinski definition) is 7. The highest BCUT2D eigenvalue weighted by molar-refractivity contribution is 7.93. The number of hydrogen-bond donors (Lipinski definition) is 3. The predicted molar refractivity (Wildman–Crippen MR) is 193 cm³/mol. The summed E-state index contributed by atoms with van der Waals surface area (Å²) in [4.78, 5) is 27.6. The van der Waals surface area contributed by atoms with Crippen LogP contribution in [-0.2, 0) is 29.0 Å². The summed E-state index contributed by atoms with van der Waals surface area (Å²) in [6.07, 6.45) is 1.18. The third-order valence-corrected chi connectivity index (χ3v) is 11.2. The van der Waals surface area contributed by atoms with Crippen LogP contribution in [0.15, 0.2) is 122 Å². The predicted octanol–water partition coefficient (Wildman–Crippen LogP) is 5.99. The molecule has 0 saturated heterocycles. The summed E-state index contributed by atoms with van der Waals surface area (Å²) < 4.78 is 14.8. The Labute approximate surface area is 284 Å². The molecule has 49 heavy (non-hydrogen) atoms. The highest BCUT2D eigenvalue weighted by atomic mass is 31.2. The number of nitrogens with one attached hydrogen (secondary N) is 2. The molecule has 9 nitrogen and oxygen atoms in total. The summed E-state index contributed by atoms with van der Waals surface area (Å²) in [6.45, 7) is 8.24. The van der Waals surface area contributed by atoms with Crippen LogP contribution < -0.4 is 21.2 Å². The first-order valence-corrected chi connectivity index (χ1v) is 17.5. The van der Waals surface area contributed by atoms with Crippen molar-refractivity contribution in [3.63, 3.8) is 0 Å². The first kappa shape index (κ1) is 33.3. The minimum atomic E-state index is -3.65. The van der Waals surface area contributed by atoms with E-state index in [0.717, 1.165) is 22.3 Å². The number of rotatable bonds is 12. The number of phenols is 1. The van der Waals surface area contributed by atoms with E-state index in [1.165, 1.54) is 10.9 Å². The topological polar surface area (TPSA) is 126 Å². The summed E-state index contributed by atoms with van der Waals surface area (Å²) in [5.74, 6) is -0.396. The van der Waals surface area contributed by atoms with E-state index in [9.17, 15) is 19.3 Å². The molecular weight excluding hydrogens is 633 g/mol. The molecule has 0 bridgehead atoms. The Hall–Kier alpha value is -5.63. The molecule has 5 aromatic carbocycles. The van der Waals surface area contributed by atoms with Crippen molar-refractivity contribution in [3.05, 3.63) is 155 Å². The molecule has 246 valence electrons. The van der Waals surface area contributed by atoms with Crippen LogP contribution in [0.1, 0.15) is 38.2 Å². The maximum atomic E-state index is 14.8. The quantitative estimate of drug-likeness (QED) is 0.108. The van der Waals surface area contributed by atoms with E-state index in [1.54, 1.807) is 48.5 Å². The Morgan fingerprint density at radius 3 is 1.82 bits per heavy atom. The van der Waals surface area contributed by atoms with Crippen LogP contribution in [0.4, 0.5) is 0 Å². The zero-order valence-electron chi connectivity index (χ0n) is 27.3. The Morgan fingerprint density at radius 1 is 0.776 bits per heavy atom. The van der Waals surface area contributed by atoms with E-state index < -0.39 is 7.14 Å². The largest absolute Gasteiger partial charge is 0.505 e. The monoisotopic (exact) mass is 669 g/mol. The number of phenolic OH excluding ortho intramolecular Hbond substituents is 1. The number of carbonyl (C=O) groups is 2. The third kappa shape index (κ3) is 6.85. The third-order valence-electron chi connectivity index (χ3n) is 8.36. The first-order chi connectivity index (χ1) is 23.7. The Morgan fingerprint density at radius 2 is 1.29 bits per heavy atom. The Balaban J connectivity index is 1.26. The number of carbonyl (C=O) groups excluding carboxylic acids is 2. The molecule has 0 radical (unpaired) electrons. The second-order valence-electron chi connectivity index (χ2n) is 11.8. The van der Waals surface area contributed by atoms with Crippen molar-refractivity contribution in [1.82, 2.24) is 25.6 Å². The molecule has 3 N–H and O–H groups in total. The van der Waals surface area contributed by atoms with Gasteiger partial charge in [0.2, 0.25) is 18.6 Å². The van der Waals surface area contributed by atoms with Crippen LogP contribution in [-0.4, -0.2) is 31.5 Å². The molecule has 1 aromatic heterocycles. The van der Waals surface area contributed by atoms with Gasteiger partial charge in [-0.25, -0.2) is 0 Å². The van der Waals surface area contributed by atoms with Gasteiger partial charge in [-0.1, -0.05) is 91.5 Å². The average molecular weight is 670 g/mol. The van der Waals surface area contributed by atoms with Crippen LogP contribution in [0.2, 0.25) is 0 Å². The molecule has 0 saturated carbocycles. The van der Waals surface area contributed by atoms with Gasteiger partial charge in [0.05, 0.1) is 0 Å². The van der Waals surface area contributed by atoms with E-state index in [0.29, 0.717) is 51.5 Å². The number of fused-ring (bicyclic) bond motifs is 1. The lowest BCUT2D eigenvalue weighted by Crippen LogP contribution is -2.24. The highest BCUT2D eigenvalue weighted by Crippen LogP contribution is 2.48. The van der Waals surface area contributed by atoms with Crippen LogP contribution in [0.3, 0.4) is 0 Å². The van der Waals surface area contributed by atoms with E-state index in [4.69, 9.17) is 0 Å². The maximum absolute atomic E-state index is 14.8. The van der Waals surface area contributed by atoms with Gasteiger partial charge in [-0.2, -0.15) is 0 Å². The fourth-order valence-corrected chi connectivity index (χ4v) is 8.63. The van der Waals surface area contributed by atoms with E-state index >= 15 is 0 Å². The molecule has 0 aliphatic carbocycles. The van der Waals surface area contributed by atoms with Gasteiger partial charge >= 0.3 is 0 Å². The summed E-state index contributed by atoms with van der Waals surface area (Å²) in [6, 6.07) is 32.9. The van der Waals surface area contributed by atoms with Crippen LogP contribution in [0.5, 0.6) is 5.75 Å². The van der Waals surface area contributed by atoms with Gasteiger partial charge in [-0.15, -0.1) is 15.0 Å². The second-order valence-corrected chi connectivity index (χ2v) is 14.5. The van der Waals surface area contributed by atoms with Crippen molar-refractivity contribution in [1.29, 1.82) is 0 Å². The standard InChI is InChI=1S/C39H36N5O4P/c1-4-36(45)41-25-30-21-29(22-35(38(30)46)44-42-33-17-11-12-18-34(33)43-44)24-40-23-28-19-26(2)37(27(3)20-28)39(47)49(48,31-13-7-5-8-14-31)32-15-9-6-10-16-32/h4-22,40,46H,1,23-25H2,2-3H3,(H,41,45). The molecular formula is C39H36N5O4P. The summed E-state index contributed by atoms with van der Waals surface area (Å²) >= 11 is 0. The van der Waals surface area contributed by atoms with Crippen LogP contribution in [0.25, 0.3) is 16.7 Å². The minimum Gasteiger partial charge on any atom is -0.505 e. The summed E-state index contributed by atoms with van der Waals surface area (Å²) in [7, 11) is -3.65. The molecule has 10 heteroatoms. The molecule has 0 spiro atoms. The Bertz CT molecular complexity index is 2130. The molecule has 6 aromatic rings. The first-order valence-electron chi connectivity index (χ1n) is 15.8. The van der Waals surface area contributed by atoms with Gasteiger partial charge in [0.25, 0.3) is 0 Å². The highest BCUT2D eigenvalue weighted by Gasteiger charge is 2.38. The maximum Gasteiger partial charge on any atom is 0.243 e.